The monoisotopic (exact) mass is 237 g/mol. The second-order valence-electron chi connectivity index (χ2n) is 4.71. The summed E-state index contributed by atoms with van der Waals surface area (Å²) in [5.74, 6) is -0.871. The number of carboxylic acid groups (broad SMARTS) is 1. The normalized spacial score (nSPS) is 13.2. The number of benzene rings is 1. The molecule has 1 unspecified atom stereocenters. The molecular weight excluding hydrogens is 218 g/mol. The first-order valence-electron chi connectivity index (χ1n) is 5.60. The van der Waals surface area contributed by atoms with E-state index in [0.717, 1.165) is 5.69 Å². The van der Waals surface area contributed by atoms with Crippen molar-refractivity contribution in [3.05, 3.63) is 29.8 Å². The summed E-state index contributed by atoms with van der Waals surface area (Å²) in [6.07, 6.45) is -0.476. The predicted molar refractivity (Wildman–Crippen MR) is 67.3 cm³/mol. The quantitative estimate of drug-likeness (QED) is 0.731. The molecule has 17 heavy (non-hydrogen) atoms. The van der Waals surface area contributed by atoms with Gasteiger partial charge >= 0.3 is 5.97 Å². The van der Waals surface area contributed by atoms with Gasteiger partial charge in [-0.15, -0.1) is 0 Å². The van der Waals surface area contributed by atoms with Crippen LogP contribution >= 0.6 is 0 Å². The van der Waals surface area contributed by atoms with Crippen LogP contribution in [0.2, 0.25) is 0 Å². The average Bonchev–Trinajstić information content (AvgIpc) is 2.26. The summed E-state index contributed by atoms with van der Waals surface area (Å²) in [4.78, 5) is 11.2. The maximum atomic E-state index is 11.2. The molecule has 0 heterocycles. The van der Waals surface area contributed by atoms with Crippen LogP contribution in [-0.4, -0.2) is 28.8 Å². The zero-order valence-corrected chi connectivity index (χ0v) is 10.4. The van der Waals surface area contributed by atoms with Crippen molar-refractivity contribution in [3.63, 3.8) is 0 Å². The summed E-state index contributed by atoms with van der Waals surface area (Å²) in [6, 6.07) is 7.26. The number of carbonyl (C=O) groups is 1. The standard InChI is InChI=1S/C13H19NO3/c1-9(15)8-14-11-7-5-4-6-10(11)13(2,3)12(16)17/h4-7,9,14-15H,8H2,1-3H3,(H,16,17). The minimum absolute atomic E-state index is 0.396. The third-order valence-corrected chi connectivity index (χ3v) is 2.72. The van der Waals surface area contributed by atoms with Crippen molar-refractivity contribution in [1.82, 2.24) is 0 Å². The number of hydrogen-bond acceptors (Lipinski definition) is 3. The maximum absolute atomic E-state index is 11.2. The van der Waals surface area contributed by atoms with Gasteiger partial charge in [0.1, 0.15) is 0 Å². The molecule has 0 amide bonds. The van der Waals surface area contributed by atoms with Crippen LogP contribution in [0.1, 0.15) is 26.3 Å². The fraction of sp³-hybridized carbons (Fsp3) is 0.462. The van der Waals surface area contributed by atoms with E-state index in [1.165, 1.54) is 0 Å². The van der Waals surface area contributed by atoms with Crippen molar-refractivity contribution < 1.29 is 15.0 Å². The van der Waals surface area contributed by atoms with E-state index in [1.54, 1.807) is 26.8 Å². The van der Waals surface area contributed by atoms with E-state index in [0.29, 0.717) is 12.1 Å². The van der Waals surface area contributed by atoms with Crippen molar-refractivity contribution in [2.75, 3.05) is 11.9 Å². The average molecular weight is 237 g/mol. The molecule has 1 aromatic carbocycles. The van der Waals surface area contributed by atoms with Gasteiger partial charge in [-0.05, 0) is 32.4 Å². The number of anilines is 1. The zero-order chi connectivity index (χ0) is 13.1. The molecule has 3 N–H and O–H groups in total. The summed E-state index contributed by atoms with van der Waals surface area (Å²) in [6.45, 7) is 5.40. The molecule has 4 nitrogen and oxygen atoms in total. The van der Waals surface area contributed by atoms with Crippen LogP contribution < -0.4 is 5.32 Å². The van der Waals surface area contributed by atoms with Gasteiger partial charge in [-0.25, -0.2) is 0 Å². The SMILES string of the molecule is CC(O)CNc1ccccc1C(C)(C)C(=O)O. The third kappa shape index (κ3) is 3.20. The Kier molecular flexibility index (Phi) is 4.12. The molecule has 0 aliphatic rings. The van der Waals surface area contributed by atoms with E-state index < -0.39 is 17.5 Å². The predicted octanol–water partition coefficient (Wildman–Crippen LogP) is 1.84. The number of nitrogens with one attached hydrogen (secondary N) is 1. The van der Waals surface area contributed by atoms with Gasteiger partial charge in [-0.1, -0.05) is 18.2 Å². The van der Waals surface area contributed by atoms with Gasteiger partial charge in [0.2, 0.25) is 0 Å². The molecule has 0 radical (unpaired) electrons. The maximum Gasteiger partial charge on any atom is 0.313 e. The number of aliphatic hydroxyl groups is 1. The third-order valence-electron chi connectivity index (χ3n) is 2.72. The second-order valence-corrected chi connectivity index (χ2v) is 4.71. The molecule has 0 saturated carbocycles. The molecule has 0 aromatic heterocycles. The van der Waals surface area contributed by atoms with Gasteiger partial charge in [-0.2, -0.15) is 0 Å². The topological polar surface area (TPSA) is 69.6 Å². The van der Waals surface area contributed by atoms with E-state index >= 15 is 0 Å². The van der Waals surface area contributed by atoms with Gasteiger partial charge in [0.05, 0.1) is 11.5 Å². The van der Waals surface area contributed by atoms with Crippen LogP contribution in [0.3, 0.4) is 0 Å². The van der Waals surface area contributed by atoms with E-state index in [4.69, 9.17) is 0 Å². The molecule has 0 bridgehead atoms. The molecule has 1 atom stereocenters. The van der Waals surface area contributed by atoms with Crippen molar-refractivity contribution in [1.29, 1.82) is 0 Å². The van der Waals surface area contributed by atoms with E-state index in [2.05, 4.69) is 5.32 Å². The number of aliphatic carboxylic acids is 1. The minimum Gasteiger partial charge on any atom is -0.481 e. The van der Waals surface area contributed by atoms with E-state index in [9.17, 15) is 15.0 Å². The number of carboxylic acids is 1. The van der Waals surface area contributed by atoms with E-state index in [-0.39, 0.29) is 0 Å². The van der Waals surface area contributed by atoms with Crippen molar-refractivity contribution in [2.45, 2.75) is 32.3 Å². The first kappa shape index (κ1) is 13.5. The van der Waals surface area contributed by atoms with Gasteiger partial charge in [0.15, 0.2) is 0 Å². The number of aliphatic hydroxyl groups excluding tert-OH is 1. The van der Waals surface area contributed by atoms with Crippen molar-refractivity contribution in [2.24, 2.45) is 0 Å². The Morgan fingerprint density at radius 1 is 1.41 bits per heavy atom. The fourth-order valence-corrected chi connectivity index (χ4v) is 1.56. The second kappa shape index (κ2) is 5.19. The summed E-state index contributed by atoms with van der Waals surface area (Å²) < 4.78 is 0. The molecular formula is C13H19NO3. The van der Waals surface area contributed by atoms with Crippen LogP contribution in [0.25, 0.3) is 0 Å². The van der Waals surface area contributed by atoms with Crippen LogP contribution in [0, 0.1) is 0 Å². The Hall–Kier alpha value is -1.55. The smallest absolute Gasteiger partial charge is 0.313 e. The number of para-hydroxylation sites is 1. The van der Waals surface area contributed by atoms with Gasteiger partial charge < -0.3 is 15.5 Å². The summed E-state index contributed by atoms with van der Waals surface area (Å²) in [5.41, 5.74) is 0.511. The first-order chi connectivity index (χ1) is 7.85. The highest BCUT2D eigenvalue weighted by Crippen LogP contribution is 2.30. The van der Waals surface area contributed by atoms with E-state index in [1.807, 2.05) is 18.2 Å². The molecule has 94 valence electrons. The Balaban J connectivity index is 3.03. The lowest BCUT2D eigenvalue weighted by Gasteiger charge is -2.24. The largest absolute Gasteiger partial charge is 0.481 e. The van der Waals surface area contributed by atoms with Gasteiger partial charge in [0, 0.05) is 12.2 Å². The molecule has 1 aromatic rings. The summed E-state index contributed by atoms with van der Waals surface area (Å²) in [5, 5.41) is 21.5. The Labute approximate surface area is 101 Å². The van der Waals surface area contributed by atoms with Crippen LogP contribution in [0.4, 0.5) is 5.69 Å². The highest BCUT2D eigenvalue weighted by atomic mass is 16.4. The van der Waals surface area contributed by atoms with Gasteiger partial charge in [-0.3, -0.25) is 4.79 Å². The first-order valence-corrected chi connectivity index (χ1v) is 5.60. The molecule has 0 saturated heterocycles. The van der Waals surface area contributed by atoms with Crippen LogP contribution in [-0.2, 0) is 10.2 Å². The lowest BCUT2D eigenvalue weighted by molar-refractivity contribution is -0.142. The molecule has 4 heteroatoms. The summed E-state index contributed by atoms with van der Waals surface area (Å²) >= 11 is 0. The highest BCUT2D eigenvalue weighted by Gasteiger charge is 2.31. The highest BCUT2D eigenvalue weighted by molar-refractivity contribution is 5.83. The fourth-order valence-electron chi connectivity index (χ4n) is 1.56. The Morgan fingerprint density at radius 2 is 2.00 bits per heavy atom. The molecule has 0 aliphatic carbocycles. The van der Waals surface area contributed by atoms with Gasteiger partial charge in [0.25, 0.3) is 0 Å². The van der Waals surface area contributed by atoms with Crippen molar-refractivity contribution in [3.8, 4) is 0 Å². The summed E-state index contributed by atoms with van der Waals surface area (Å²) in [7, 11) is 0. The zero-order valence-electron chi connectivity index (χ0n) is 10.4. The molecule has 1 rings (SSSR count). The molecule has 0 spiro atoms. The number of hydrogen-bond donors (Lipinski definition) is 3. The lowest BCUT2D eigenvalue weighted by atomic mass is 9.83. The molecule has 0 aliphatic heterocycles. The molecule has 0 fully saturated rings. The van der Waals surface area contributed by atoms with Crippen molar-refractivity contribution >= 4 is 11.7 Å². The van der Waals surface area contributed by atoms with Crippen LogP contribution in [0.15, 0.2) is 24.3 Å². The lowest BCUT2D eigenvalue weighted by Crippen LogP contribution is -2.30. The Bertz CT molecular complexity index is 399. The minimum atomic E-state index is -0.956. The Morgan fingerprint density at radius 3 is 2.53 bits per heavy atom. The van der Waals surface area contributed by atoms with Crippen LogP contribution in [0.5, 0.6) is 0 Å². The number of rotatable bonds is 5.